The Morgan fingerprint density at radius 3 is 2.62 bits per heavy atom. The van der Waals surface area contributed by atoms with E-state index in [1.807, 2.05) is 0 Å². The van der Waals surface area contributed by atoms with E-state index in [-0.39, 0.29) is 11.4 Å². The number of hydrogen-bond acceptors (Lipinski definition) is 4. The summed E-state index contributed by atoms with van der Waals surface area (Å²) >= 11 is 5.86. The van der Waals surface area contributed by atoms with Crippen molar-refractivity contribution < 1.29 is 18.3 Å². The third kappa shape index (κ3) is 2.81. The molecule has 2 aromatic rings. The van der Waals surface area contributed by atoms with Crippen molar-refractivity contribution in [1.82, 2.24) is 14.1 Å². The van der Waals surface area contributed by atoms with E-state index in [9.17, 15) is 18.3 Å². The van der Waals surface area contributed by atoms with Crippen LogP contribution in [-0.2, 0) is 14.8 Å². The minimum Gasteiger partial charge on any atom is -0.480 e. The first-order valence-electron chi connectivity index (χ1n) is 7.37. The largest absolute Gasteiger partial charge is 0.480 e. The van der Waals surface area contributed by atoms with Crippen molar-refractivity contribution in [3.8, 4) is 5.69 Å². The average molecular weight is 370 g/mol. The second kappa shape index (κ2) is 6.19. The molecule has 0 saturated carbocycles. The van der Waals surface area contributed by atoms with Crippen LogP contribution in [0.15, 0.2) is 35.4 Å². The number of benzene rings is 1. The van der Waals surface area contributed by atoms with Gasteiger partial charge in [0.25, 0.3) is 0 Å². The molecule has 1 aromatic carbocycles. The molecule has 1 aliphatic heterocycles. The van der Waals surface area contributed by atoms with Crippen molar-refractivity contribution in [3.05, 3.63) is 41.2 Å². The Morgan fingerprint density at radius 1 is 1.33 bits per heavy atom. The standard InChI is InChI=1S/C15H16ClN3O4S/c1-10-14(9-17-19(10)12-6-4-11(16)5-7-12)24(22,23)18-8-2-3-13(18)15(20)21/h4-7,9,13H,2-3,8H2,1H3,(H,20,21). The first kappa shape index (κ1) is 16.9. The molecule has 0 radical (unpaired) electrons. The molecule has 0 aliphatic carbocycles. The Hall–Kier alpha value is -1.90. The first-order valence-corrected chi connectivity index (χ1v) is 9.19. The Kier molecular flexibility index (Phi) is 4.37. The number of nitrogens with zero attached hydrogens (tertiary/aromatic N) is 3. The number of hydrogen-bond donors (Lipinski definition) is 1. The van der Waals surface area contributed by atoms with Gasteiger partial charge in [0.2, 0.25) is 10.0 Å². The zero-order valence-electron chi connectivity index (χ0n) is 12.9. The van der Waals surface area contributed by atoms with Crippen LogP contribution in [0.2, 0.25) is 5.02 Å². The normalized spacial score (nSPS) is 18.8. The van der Waals surface area contributed by atoms with Gasteiger partial charge < -0.3 is 5.11 Å². The molecular weight excluding hydrogens is 354 g/mol. The lowest BCUT2D eigenvalue weighted by Crippen LogP contribution is -2.40. The monoisotopic (exact) mass is 369 g/mol. The maximum Gasteiger partial charge on any atom is 0.322 e. The highest BCUT2D eigenvalue weighted by Crippen LogP contribution is 2.28. The third-order valence-corrected chi connectivity index (χ3v) is 6.37. The lowest BCUT2D eigenvalue weighted by atomic mass is 10.2. The van der Waals surface area contributed by atoms with E-state index >= 15 is 0 Å². The number of sulfonamides is 1. The van der Waals surface area contributed by atoms with Crippen molar-refractivity contribution >= 4 is 27.6 Å². The lowest BCUT2D eigenvalue weighted by molar-refractivity contribution is -0.140. The molecule has 1 unspecified atom stereocenters. The van der Waals surface area contributed by atoms with Crippen LogP contribution in [0.1, 0.15) is 18.5 Å². The Balaban J connectivity index is 2.01. The summed E-state index contributed by atoms with van der Waals surface area (Å²) in [5.74, 6) is -1.13. The third-order valence-electron chi connectivity index (χ3n) is 4.11. The average Bonchev–Trinajstić information content (AvgIpc) is 3.15. The number of carboxylic acids is 1. The minimum atomic E-state index is -3.92. The van der Waals surface area contributed by atoms with Crippen LogP contribution < -0.4 is 0 Å². The van der Waals surface area contributed by atoms with E-state index in [0.717, 1.165) is 4.31 Å². The van der Waals surface area contributed by atoms with Crippen LogP contribution in [0, 0.1) is 6.92 Å². The zero-order chi connectivity index (χ0) is 17.5. The SMILES string of the molecule is Cc1c(S(=O)(=O)N2CCCC2C(=O)O)cnn1-c1ccc(Cl)cc1. The zero-order valence-corrected chi connectivity index (χ0v) is 14.5. The molecule has 1 fully saturated rings. The highest BCUT2D eigenvalue weighted by molar-refractivity contribution is 7.89. The molecule has 1 aromatic heterocycles. The van der Waals surface area contributed by atoms with E-state index < -0.39 is 22.0 Å². The first-order chi connectivity index (χ1) is 11.3. The Bertz CT molecular complexity index is 877. The number of carboxylic acid groups (broad SMARTS) is 1. The molecular formula is C15H16ClN3O4S. The summed E-state index contributed by atoms with van der Waals surface area (Å²) in [6, 6.07) is 5.82. The van der Waals surface area contributed by atoms with Crippen molar-refractivity contribution in [2.24, 2.45) is 0 Å². The molecule has 0 amide bonds. The van der Waals surface area contributed by atoms with Crippen molar-refractivity contribution in [2.75, 3.05) is 6.54 Å². The molecule has 0 spiro atoms. The lowest BCUT2D eigenvalue weighted by Gasteiger charge is -2.20. The van der Waals surface area contributed by atoms with Gasteiger partial charge in [0, 0.05) is 11.6 Å². The smallest absolute Gasteiger partial charge is 0.322 e. The molecule has 7 nitrogen and oxygen atoms in total. The van der Waals surface area contributed by atoms with Crippen molar-refractivity contribution in [1.29, 1.82) is 0 Å². The van der Waals surface area contributed by atoms with E-state index in [4.69, 9.17) is 11.6 Å². The number of halogens is 1. The number of aromatic nitrogens is 2. The molecule has 2 heterocycles. The van der Waals surface area contributed by atoms with Crippen molar-refractivity contribution in [2.45, 2.75) is 30.7 Å². The molecule has 128 valence electrons. The maximum atomic E-state index is 12.9. The summed E-state index contributed by atoms with van der Waals surface area (Å²) in [6.07, 6.45) is 2.11. The number of aliphatic carboxylic acids is 1. The molecule has 0 bridgehead atoms. The Morgan fingerprint density at radius 2 is 2.00 bits per heavy atom. The summed E-state index contributed by atoms with van der Waals surface area (Å²) in [4.78, 5) is 11.3. The highest BCUT2D eigenvalue weighted by Gasteiger charge is 2.40. The second-order valence-electron chi connectivity index (χ2n) is 5.59. The van der Waals surface area contributed by atoms with E-state index in [1.165, 1.54) is 10.9 Å². The summed E-state index contributed by atoms with van der Waals surface area (Å²) in [6.45, 7) is 1.84. The summed E-state index contributed by atoms with van der Waals surface area (Å²) in [7, 11) is -3.92. The second-order valence-corrected chi connectivity index (χ2v) is 7.89. The Labute approximate surface area is 144 Å². The van der Waals surface area contributed by atoms with Crippen LogP contribution in [0.3, 0.4) is 0 Å². The molecule has 1 N–H and O–H groups in total. The fourth-order valence-corrected chi connectivity index (χ4v) is 4.81. The van der Waals surface area contributed by atoms with Gasteiger partial charge in [-0.15, -0.1) is 0 Å². The van der Waals surface area contributed by atoms with Crippen LogP contribution in [0.4, 0.5) is 0 Å². The van der Waals surface area contributed by atoms with Gasteiger partial charge in [-0.25, -0.2) is 13.1 Å². The maximum absolute atomic E-state index is 12.9. The van der Waals surface area contributed by atoms with Crippen LogP contribution in [0.5, 0.6) is 0 Å². The number of carbonyl (C=O) groups is 1. The molecule has 3 rings (SSSR count). The van der Waals surface area contributed by atoms with Gasteiger partial charge in [-0.3, -0.25) is 4.79 Å². The highest BCUT2D eigenvalue weighted by atomic mass is 35.5. The summed E-state index contributed by atoms with van der Waals surface area (Å²) in [5, 5.41) is 13.9. The molecule has 24 heavy (non-hydrogen) atoms. The summed E-state index contributed by atoms with van der Waals surface area (Å²) in [5.41, 5.74) is 1.10. The van der Waals surface area contributed by atoms with Gasteiger partial charge in [-0.05, 0) is 44.0 Å². The summed E-state index contributed by atoms with van der Waals surface area (Å²) < 4.78 is 28.3. The van der Waals surface area contributed by atoms with Gasteiger partial charge >= 0.3 is 5.97 Å². The molecule has 9 heteroatoms. The minimum absolute atomic E-state index is 0.0191. The molecule has 1 saturated heterocycles. The predicted molar refractivity (Wildman–Crippen MR) is 87.9 cm³/mol. The predicted octanol–water partition coefficient (Wildman–Crippen LogP) is 2.07. The molecule has 1 aliphatic rings. The fourth-order valence-electron chi connectivity index (χ4n) is 2.89. The van der Waals surface area contributed by atoms with E-state index in [2.05, 4.69) is 5.10 Å². The number of rotatable bonds is 4. The van der Waals surface area contributed by atoms with Crippen LogP contribution in [-0.4, -0.2) is 46.2 Å². The fraction of sp³-hybridized carbons (Fsp3) is 0.333. The van der Waals surface area contributed by atoms with Gasteiger partial charge in [0.1, 0.15) is 10.9 Å². The van der Waals surface area contributed by atoms with Gasteiger partial charge in [0.05, 0.1) is 17.6 Å². The van der Waals surface area contributed by atoms with Gasteiger partial charge in [-0.1, -0.05) is 11.6 Å². The van der Waals surface area contributed by atoms with E-state index in [1.54, 1.807) is 31.2 Å². The van der Waals surface area contributed by atoms with Crippen LogP contribution in [0.25, 0.3) is 5.69 Å². The van der Waals surface area contributed by atoms with Gasteiger partial charge in [-0.2, -0.15) is 9.40 Å². The molecule has 1 atom stereocenters. The quantitative estimate of drug-likeness (QED) is 0.890. The van der Waals surface area contributed by atoms with E-state index in [0.29, 0.717) is 29.2 Å². The van der Waals surface area contributed by atoms with Crippen molar-refractivity contribution in [3.63, 3.8) is 0 Å². The van der Waals surface area contributed by atoms with Crippen LogP contribution >= 0.6 is 11.6 Å². The van der Waals surface area contributed by atoms with Gasteiger partial charge in [0.15, 0.2) is 0 Å². The topological polar surface area (TPSA) is 92.5 Å².